The van der Waals surface area contributed by atoms with E-state index in [2.05, 4.69) is 10.2 Å². The Labute approximate surface area is 99.2 Å². The van der Waals surface area contributed by atoms with Gasteiger partial charge in [0.25, 0.3) is 0 Å². The Bertz CT molecular complexity index is 545. The summed E-state index contributed by atoms with van der Waals surface area (Å²) in [5.41, 5.74) is 0. The van der Waals surface area contributed by atoms with E-state index in [0.717, 1.165) is 0 Å². The van der Waals surface area contributed by atoms with Gasteiger partial charge in [0.1, 0.15) is 0 Å². The van der Waals surface area contributed by atoms with Gasteiger partial charge in [-0.3, -0.25) is 4.57 Å². The van der Waals surface area contributed by atoms with E-state index in [1.54, 1.807) is 4.57 Å². The maximum Gasteiger partial charge on any atom is 0.225 e. The predicted octanol–water partition coefficient (Wildman–Crippen LogP) is 0.101. The van der Waals surface area contributed by atoms with Crippen molar-refractivity contribution in [3.8, 4) is 0 Å². The second-order valence-electron chi connectivity index (χ2n) is 4.04. The summed E-state index contributed by atoms with van der Waals surface area (Å²) in [5.74, 6) is 1.05. The Hall–Kier alpha value is -0.890. The molecule has 0 spiro atoms. The highest BCUT2D eigenvalue weighted by Crippen LogP contribution is 2.18. The van der Waals surface area contributed by atoms with Crippen LogP contribution in [0.3, 0.4) is 0 Å². The van der Waals surface area contributed by atoms with E-state index in [0.29, 0.717) is 17.3 Å². The number of anilines is 1. The van der Waals surface area contributed by atoms with Crippen LogP contribution in [0, 0.1) is 4.77 Å². The topological polar surface area (TPSA) is 71.0 Å². The zero-order valence-corrected chi connectivity index (χ0v) is 10.8. The van der Waals surface area contributed by atoms with Crippen LogP contribution >= 0.6 is 12.2 Å². The lowest BCUT2D eigenvalue weighted by Gasteiger charge is -2.33. The third-order valence-corrected chi connectivity index (χ3v) is 4.94. The van der Waals surface area contributed by atoms with Crippen molar-refractivity contribution in [1.82, 2.24) is 14.8 Å². The fraction of sp³-hybridized carbons (Fsp3) is 0.750. The molecule has 1 atom stereocenters. The molecule has 1 aromatic heterocycles. The third-order valence-electron chi connectivity index (χ3n) is 2.78. The molecule has 0 amide bonds. The lowest BCUT2D eigenvalue weighted by Crippen LogP contribution is -2.48. The number of nitrogens with one attached hydrogen (secondary N) is 1. The summed E-state index contributed by atoms with van der Waals surface area (Å²) < 4.78 is 25.2. The molecule has 8 heteroatoms. The Morgan fingerprint density at radius 2 is 2.25 bits per heavy atom. The standard InChI is InChI=1S/C8H14N4O2S2/c1-6-5-16(13,14)4-3-12(6)7-9-10-8(15)11(7)2/h6H,3-5H2,1-2H3,(H,10,15). The molecule has 1 N–H and O–H groups in total. The molecule has 1 aromatic rings. The van der Waals surface area contributed by atoms with Crippen LogP contribution in [0.1, 0.15) is 6.92 Å². The maximum absolute atomic E-state index is 11.4. The lowest BCUT2D eigenvalue weighted by atomic mass is 10.3. The molecule has 1 fully saturated rings. The Morgan fingerprint density at radius 1 is 1.56 bits per heavy atom. The first-order valence-electron chi connectivity index (χ1n) is 4.99. The van der Waals surface area contributed by atoms with E-state index in [9.17, 15) is 8.42 Å². The van der Waals surface area contributed by atoms with Crippen molar-refractivity contribution in [2.45, 2.75) is 13.0 Å². The fourth-order valence-corrected chi connectivity index (χ4v) is 3.58. The van der Waals surface area contributed by atoms with Gasteiger partial charge in [0.05, 0.1) is 11.5 Å². The highest BCUT2D eigenvalue weighted by atomic mass is 32.2. The summed E-state index contributed by atoms with van der Waals surface area (Å²) >= 11 is 5.03. The van der Waals surface area contributed by atoms with Gasteiger partial charge >= 0.3 is 0 Å². The van der Waals surface area contributed by atoms with Crippen LogP contribution < -0.4 is 4.90 Å². The van der Waals surface area contributed by atoms with Gasteiger partial charge in [-0.2, -0.15) is 0 Å². The number of aromatic nitrogens is 3. The van der Waals surface area contributed by atoms with Crippen LogP contribution in [-0.2, 0) is 16.9 Å². The zero-order chi connectivity index (χ0) is 11.9. The van der Waals surface area contributed by atoms with Gasteiger partial charge in [-0.05, 0) is 19.1 Å². The van der Waals surface area contributed by atoms with Gasteiger partial charge in [-0.1, -0.05) is 0 Å². The molecular formula is C8H14N4O2S2. The molecule has 0 aliphatic carbocycles. The van der Waals surface area contributed by atoms with Gasteiger partial charge in [0.15, 0.2) is 14.6 Å². The van der Waals surface area contributed by atoms with Crippen molar-refractivity contribution in [2.24, 2.45) is 7.05 Å². The first-order chi connectivity index (χ1) is 7.41. The molecule has 1 saturated heterocycles. The Kier molecular flexibility index (Phi) is 2.79. The minimum absolute atomic E-state index is 0.0670. The van der Waals surface area contributed by atoms with Crippen LogP contribution in [0.4, 0.5) is 5.95 Å². The summed E-state index contributed by atoms with van der Waals surface area (Å²) in [6.07, 6.45) is 0. The average molecular weight is 262 g/mol. The van der Waals surface area contributed by atoms with E-state index >= 15 is 0 Å². The van der Waals surface area contributed by atoms with Crippen molar-refractivity contribution < 1.29 is 8.42 Å². The first kappa shape index (κ1) is 11.6. The molecule has 0 saturated carbocycles. The third kappa shape index (κ3) is 1.99. The quantitative estimate of drug-likeness (QED) is 0.727. The van der Waals surface area contributed by atoms with Gasteiger partial charge < -0.3 is 4.90 Å². The van der Waals surface area contributed by atoms with Crippen molar-refractivity contribution in [3.63, 3.8) is 0 Å². The van der Waals surface area contributed by atoms with E-state index in [-0.39, 0.29) is 17.5 Å². The molecule has 2 heterocycles. The molecule has 2 rings (SSSR count). The number of nitrogens with zero attached hydrogens (tertiary/aromatic N) is 3. The van der Waals surface area contributed by atoms with Crippen molar-refractivity contribution in [1.29, 1.82) is 0 Å². The summed E-state index contributed by atoms with van der Waals surface area (Å²) in [7, 11) is -1.08. The SMILES string of the molecule is CC1CS(=O)(=O)CCN1c1n[nH]c(=S)n1C. The molecule has 0 radical (unpaired) electrons. The molecule has 1 aliphatic heterocycles. The number of H-pyrrole nitrogens is 1. The lowest BCUT2D eigenvalue weighted by molar-refractivity contribution is 0.562. The summed E-state index contributed by atoms with van der Waals surface area (Å²) in [5, 5.41) is 6.81. The average Bonchev–Trinajstić information content (AvgIpc) is 2.48. The summed E-state index contributed by atoms with van der Waals surface area (Å²) in [6.45, 7) is 2.35. The minimum atomic E-state index is -2.89. The first-order valence-corrected chi connectivity index (χ1v) is 7.22. The fourth-order valence-electron chi connectivity index (χ4n) is 1.89. The van der Waals surface area contributed by atoms with Crippen LogP contribution in [0.25, 0.3) is 0 Å². The molecule has 6 nitrogen and oxygen atoms in total. The normalized spacial score (nSPS) is 24.6. The van der Waals surface area contributed by atoms with Crippen molar-refractivity contribution >= 4 is 28.0 Å². The maximum atomic E-state index is 11.4. The highest BCUT2D eigenvalue weighted by molar-refractivity contribution is 7.91. The minimum Gasteiger partial charge on any atom is -0.336 e. The zero-order valence-electron chi connectivity index (χ0n) is 9.17. The summed E-state index contributed by atoms with van der Waals surface area (Å²) in [6, 6.07) is -0.0670. The van der Waals surface area contributed by atoms with Gasteiger partial charge in [0, 0.05) is 19.6 Å². The highest BCUT2D eigenvalue weighted by Gasteiger charge is 2.30. The predicted molar refractivity (Wildman–Crippen MR) is 63.9 cm³/mol. The van der Waals surface area contributed by atoms with Crippen molar-refractivity contribution in [3.05, 3.63) is 4.77 Å². The number of rotatable bonds is 1. The molecular weight excluding hydrogens is 248 g/mol. The van der Waals surface area contributed by atoms with Crippen LogP contribution in [0.5, 0.6) is 0 Å². The van der Waals surface area contributed by atoms with Crippen LogP contribution in [-0.4, -0.2) is 47.3 Å². The largest absolute Gasteiger partial charge is 0.336 e. The molecule has 1 aliphatic rings. The Morgan fingerprint density at radius 3 is 2.75 bits per heavy atom. The number of hydrogen-bond donors (Lipinski definition) is 1. The Balaban J connectivity index is 2.31. The van der Waals surface area contributed by atoms with Gasteiger partial charge in [0.2, 0.25) is 5.95 Å². The van der Waals surface area contributed by atoms with E-state index < -0.39 is 9.84 Å². The molecule has 1 unspecified atom stereocenters. The number of aromatic amines is 1. The van der Waals surface area contributed by atoms with E-state index in [4.69, 9.17) is 12.2 Å². The van der Waals surface area contributed by atoms with Crippen LogP contribution in [0.15, 0.2) is 0 Å². The number of sulfone groups is 1. The molecule has 0 aromatic carbocycles. The second kappa shape index (κ2) is 3.85. The molecule has 16 heavy (non-hydrogen) atoms. The molecule has 90 valence electrons. The van der Waals surface area contributed by atoms with Crippen molar-refractivity contribution in [2.75, 3.05) is 23.0 Å². The van der Waals surface area contributed by atoms with Gasteiger partial charge in [-0.25, -0.2) is 13.5 Å². The van der Waals surface area contributed by atoms with E-state index in [1.165, 1.54) is 0 Å². The summed E-state index contributed by atoms with van der Waals surface area (Å²) in [4.78, 5) is 1.97. The second-order valence-corrected chi connectivity index (χ2v) is 6.66. The monoisotopic (exact) mass is 262 g/mol. The van der Waals surface area contributed by atoms with Gasteiger partial charge in [-0.15, -0.1) is 5.10 Å². The smallest absolute Gasteiger partial charge is 0.225 e. The van der Waals surface area contributed by atoms with Crippen LogP contribution in [0.2, 0.25) is 0 Å². The molecule has 0 bridgehead atoms. The number of hydrogen-bond acceptors (Lipinski definition) is 5. The van der Waals surface area contributed by atoms with E-state index in [1.807, 2.05) is 18.9 Å².